The number of aromatic nitrogens is 4. The largest absolute Gasteiger partial charge is 0.346 e. The third-order valence-corrected chi connectivity index (χ3v) is 3.39. The lowest BCUT2D eigenvalue weighted by atomic mass is 10.2. The Morgan fingerprint density at radius 1 is 1.41 bits per heavy atom. The van der Waals surface area contributed by atoms with E-state index in [9.17, 15) is 13.6 Å². The zero-order chi connectivity index (χ0) is 16.3. The summed E-state index contributed by atoms with van der Waals surface area (Å²) in [5.41, 5.74) is 1.10. The first-order valence-electron chi connectivity index (χ1n) is 7.06. The molecule has 0 aliphatic heterocycles. The summed E-state index contributed by atoms with van der Waals surface area (Å²) in [6.45, 7) is 6.06. The van der Waals surface area contributed by atoms with Crippen LogP contribution in [-0.2, 0) is 17.9 Å². The van der Waals surface area contributed by atoms with Crippen molar-refractivity contribution in [2.75, 3.05) is 0 Å². The van der Waals surface area contributed by atoms with Crippen molar-refractivity contribution in [3.8, 4) is 0 Å². The molecule has 0 fully saturated rings. The van der Waals surface area contributed by atoms with Gasteiger partial charge in [-0.15, -0.1) is 0 Å². The molecule has 120 valence electrons. The van der Waals surface area contributed by atoms with Gasteiger partial charge in [0.05, 0.1) is 11.7 Å². The number of alkyl halides is 2. The maximum atomic E-state index is 12.6. The first-order chi connectivity index (χ1) is 10.4. The highest BCUT2D eigenvalue weighted by molar-refractivity contribution is 5.76. The van der Waals surface area contributed by atoms with Crippen molar-refractivity contribution < 1.29 is 13.6 Å². The van der Waals surface area contributed by atoms with Crippen molar-refractivity contribution in [3.05, 3.63) is 35.4 Å². The van der Waals surface area contributed by atoms with Gasteiger partial charge in [-0.05, 0) is 32.9 Å². The van der Waals surface area contributed by atoms with Gasteiger partial charge in [0.25, 0.3) is 6.43 Å². The second-order valence-electron chi connectivity index (χ2n) is 5.03. The molecule has 0 saturated carbocycles. The number of nitrogens with one attached hydrogen (secondary N) is 1. The Bertz CT molecular complexity index is 649. The van der Waals surface area contributed by atoms with E-state index in [1.807, 2.05) is 19.9 Å². The fourth-order valence-corrected chi connectivity index (χ4v) is 2.27. The maximum Gasteiger partial charge on any atom is 0.282 e. The monoisotopic (exact) mass is 311 g/mol. The van der Waals surface area contributed by atoms with Crippen molar-refractivity contribution in [2.45, 2.75) is 46.3 Å². The Hall–Kier alpha value is -2.25. The van der Waals surface area contributed by atoms with Crippen LogP contribution in [0.1, 0.15) is 43.4 Å². The van der Waals surface area contributed by atoms with Crippen molar-refractivity contribution in [3.63, 3.8) is 0 Å². The van der Waals surface area contributed by atoms with E-state index in [1.54, 1.807) is 17.8 Å². The summed E-state index contributed by atoms with van der Waals surface area (Å²) < 4.78 is 28.3. The Kier molecular flexibility index (Phi) is 4.89. The summed E-state index contributed by atoms with van der Waals surface area (Å²) in [5.74, 6) is -0.289. The average Bonchev–Trinajstić information content (AvgIpc) is 3.05. The number of carbonyl (C=O) groups is 1. The van der Waals surface area contributed by atoms with Crippen molar-refractivity contribution in [1.29, 1.82) is 0 Å². The SMILES string of the molecule is CCn1nccc1C(C)NC(=O)Cn1nc(C(F)F)cc1C. The van der Waals surface area contributed by atoms with E-state index < -0.39 is 6.43 Å². The molecule has 0 spiro atoms. The first kappa shape index (κ1) is 16.1. The minimum atomic E-state index is -2.64. The first-order valence-corrected chi connectivity index (χ1v) is 7.06. The molecule has 1 atom stereocenters. The molecule has 1 N–H and O–H groups in total. The van der Waals surface area contributed by atoms with Crippen LogP contribution in [0.2, 0.25) is 0 Å². The summed E-state index contributed by atoms with van der Waals surface area (Å²) in [6.07, 6.45) is -0.963. The zero-order valence-electron chi connectivity index (χ0n) is 12.8. The minimum absolute atomic E-state index is 0.0941. The molecule has 2 rings (SSSR count). The number of rotatable bonds is 6. The van der Waals surface area contributed by atoms with Crippen LogP contribution in [0.4, 0.5) is 8.78 Å². The van der Waals surface area contributed by atoms with Gasteiger partial charge >= 0.3 is 0 Å². The molecule has 0 radical (unpaired) electrons. The maximum absolute atomic E-state index is 12.6. The van der Waals surface area contributed by atoms with E-state index in [1.165, 1.54) is 10.7 Å². The molecule has 1 amide bonds. The second kappa shape index (κ2) is 6.67. The normalized spacial score (nSPS) is 12.6. The third kappa shape index (κ3) is 3.49. The van der Waals surface area contributed by atoms with E-state index in [2.05, 4.69) is 15.5 Å². The highest BCUT2D eigenvalue weighted by Gasteiger charge is 2.17. The third-order valence-electron chi connectivity index (χ3n) is 3.39. The van der Waals surface area contributed by atoms with Crippen LogP contribution < -0.4 is 5.32 Å². The van der Waals surface area contributed by atoms with Gasteiger partial charge in [0.15, 0.2) is 0 Å². The van der Waals surface area contributed by atoms with E-state index in [-0.39, 0.29) is 24.2 Å². The summed E-state index contributed by atoms with van der Waals surface area (Å²) in [6, 6.07) is 2.90. The van der Waals surface area contributed by atoms with E-state index in [0.717, 1.165) is 5.69 Å². The molecule has 2 aromatic heterocycles. The molecular formula is C14H19F2N5O. The van der Waals surface area contributed by atoms with Gasteiger partial charge in [-0.25, -0.2) is 8.78 Å². The standard InChI is InChI=1S/C14H19F2N5O/c1-4-20-12(5-6-17-20)10(3)18-13(22)8-21-9(2)7-11(19-21)14(15)16/h5-7,10,14H,4,8H2,1-3H3,(H,18,22). The van der Waals surface area contributed by atoms with Crippen LogP contribution in [0, 0.1) is 6.92 Å². The number of hydrogen-bond donors (Lipinski definition) is 1. The van der Waals surface area contributed by atoms with E-state index >= 15 is 0 Å². The van der Waals surface area contributed by atoms with Crippen LogP contribution in [0.25, 0.3) is 0 Å². The van der Waals surface area contributed by atoms with E-state index in [4.69, 9.17) is 0 Å². The predicted molar refractivity (Wildman–Crippen MR) is 76.4 cm³/mol. The molecule has 2 heterocycles. The lowest BCUT2D eigenvalue weighted by molar-refractivity contribution is -0.122. The van der Waals surface area contributed by atoms with Crippen molar-refractivity contribution in [1.82, 2.24) is 24.9 Å². The summed E-state index contributed by atoms with van der Waals surface area (Å²) in [7, 11) is 0. The van der Waals surface area contributed by atoms with Crippen LogP contribution in [0.15, 0.2) is 18.3 Å². The van der Waals surface area contributed by atoms with Gasteiger partial charge in [-0.1, -0.05) is 0 Å². The molecule has 2 aromatic rings. The van der Waals surface area contributed by atoms with Crippen LogP contribution in [-0.4, -0.2) is 25.5 Å². The molecule has 22 heavy (non-hydrogen) atoms. The molecule has 0 aromatic carbocycles. The lowest BCUT2D eigenvalue weighted by Gasteiger charge is -2.15. The molecule has 0 saturated heterocycles. The van der Waals surface area contributed by atoms with E-state index in [0.29, 0.717) is 12.2 Å². The van der Waals surface area contributed by atoms with Crippen molar-refractivity contribution in [2.24, 2.45) is 0 Å². The number of carbonyl (C=O) groups excluding carboxylic acids is 1. The number of halogens is 2. The zero-order valence-corrected chi connectivity index (χ0v) is 12.8. The molecule has 8 heteroatoms. The number of amides is 1. The molecule has 0 aliphatic rings. The predicted octanol–water partition coefficient (Wildman–Crippen LogP) is 2.22. The number of nitrogens with zero attached hydrogens (tertiary/aromatic N) is 4. The molecule has 6 nitrogen and oxygen atoms in total. The van der Waals surface area contributed by atoms with Gasteiger partial charge in [-0.3, -0.25) is 14.2 Å². The van der Waals surface area contributed by atoms with Crippen LogP contribution in [0.5, 0.6) is 0 Å². The summed E-state index contributed by atoms with van der Waals surface area (Å²) in [5, 5.41) is 10.7. The van der Waals surface area contributed by atoms with Crippen LogP contribution >= 0.6 is 0 Å². The number of aryl methyl sites for hydroxylation is 2. The highest BCUT2D eigenvalue weighted by atomic mass is 19.3. The van der Waals surface area contributed by atoms with Crippen LogP contribution in [0.3, 0.4) is 0 Å². The Balaban J connectivity index is 2.01. The van der Waals surface area contributed by atoms with Gasteiger partial charge in [0, 0.05) is 18.4 Å². The fraction of sp³-hybridized carbons (Fsp3) is 0.500. The number of hydrogen-bond acceptors (Lipinski definition) is 3. The Labute approximate surface area is 127 Å². The fourth-order valence-electron chi connectivity index (χ4n) is 2.27. The summed E-state index contributed by atoms with van der Waals surface area (Å²) >= 11 is 0. The Morgan fingerprint density at radius 3 is 2.73 bits per heavy atom. The minimum Gasteiger partial charge on any atom is -0.346 e. The topological polar surface area (TPSA) is 64.7 Å². The smallest absolute Gasteiger partial charge is 0.282 e. The average molecular weight is 311 g/mol. The van der Waals surface area contributed by atoms with Gasteiger partial charge < -0.3 is 5.32 Å². The van der Waals surface area contributed by atoms with Gasteiger partial charge in [0.1, 0.15) is 12.2 Å². The molecule has 1 unspecified atom stereocenters. The highest BCUT2D eigenvalue weighted by Crippen LogP contribution is 2.18. The Morgan fingerprint density at radius 2 is 2.14 bits per heavy atom. The molecular weight excluding hydrogens is 292 g/mol. The quantitative estimate of drug-likeness (QED) is 0.889. The molecule has 0 bridgehead atoms. The lowest BCUT2D eigenvalue weighted by Crippen LogP contribution is -2.31. The van der Waals surface area contributed by atoms with Gasteiger partial charge in [0.2, 0.25) is 5.91 Å². The van der Waals surface area contributed by atoms with Crippen molar-refractivity contribution >= 4 is 5.91 Å². The second-order valence-corrected chi connectivity index (χ2v) is 5.03. The van der Waals surface area contributed by atoms with Gasteiger partial charge in [-0.2, -0.15) is 10.2 Å². The summed E-state index contributed by atoms with van der Waals surface area (Å²) in [4.78, 5) is 12.1. The molecule has 0 aliphatic carbocycles.